The quantitative estimate of drug-likeness (QED) is 0.565. The van der Waals surface area contributed by atoms with Crippen molar-refractivity contribution < 1.29 is 20.4 Å². The number of phenolic OH excluding ortho intramolecular Hbond substituents is 4. The van der Waals surface area contributed by atoms with Crippen LogP contribution >= 0.6 is 0 Å². The SMILES string of the molecule is Cc1ccc(Cc2cc(C)cc(Cc3ccc(O)cc3O)c2O)c(O)c1. The molecule has 0 atom stereocenters. The molecule has 0 saturated heterocycles. The predicted molar refractivity (Wildman–Crippen MR) is 101 cm³/mol. The molecule has 0 aliphatic carbocycles. The minimum Gasteiger partial charge on any atom is -0.508 e. The van der Waals surface area contributed by atoms with Crippen LogP contribution in [0, 0.1) is 13.8 Å². The Balaban J connectivity index is 1.95. The van der Waals surface area contributed by atoms with Gasteiger partial charge in [-0.05, 0) is 53.8 Å². The van der Waals surface area contributed by atoms with Crippen LogP contribution in [-0.4, -0.2) is 20.4 Å². The highest BCUT2D eigenvalue weighted by molar-refractivity contribution is 5.51. The van der Waals surface area contributed by atoms with E-state index in [1.807, 2.05) is 38.1 Å². The average Bonchev–Trinajstić information content (AvgIpc) is 2.56. The number of aromatic hydroxyl groups is 4. The third-order valence-electron chi connectivity index (χ3n) is 4.48. The van der Waals surface area contributed by atoms with E-state index in [1.54, 1.807) is 12.1 Å². The Labute approximate surface area is 152 Å². The maximum Gasteiger partial charge on any atom is 0.122 e. The Morgan fingerprint density at radius 3 is 1.65 bits per heavy atom. The highest BCUT2D eigenvalue weighted by atomic mass is 16.3. The summed E-state index contributed by atoms with van der Waals surface area (Å²) in [6, 6.07) is 13.7. The first-order valence-corrected chi connectivity index (χ1v) is 8.44. The van der Waals surface area contributed by atoms with Crippen LogP contribution in [-0.2, 0) is 12.8 Å². The summed E-state index contributed by atoms with van der Waals surface area (Å²) in [6.45, 7) is 3.86. The summed E-state index contributed by atoms with van der Waals surface area (Å²) >= 11 is 0. The summed E-state index contributed by atoms with van der Waals surface area (Å²) in [4.78, 5) is 0. The average molecular weight is 350 g/mol. The molecule has 3 aromatic rings. The van der Waals surface area contributed by atoms with Crippen molar-refractivity contribution in [3.63, 3.8) is 0 Å². The molecule has 0 aromatic heterocycles. The Morgan fingerprint density at radius 1 is 0.577 bits per heavy atom. The molecular formula is C22H22O4. The normalized spacial score (nSPS) is 10.8. The Kier molecular flexibility index (Phi) is 4.76. The molecule has 0 bridgehead atoms. The molecular weight excluding hydrogens is 328 g/mol. The van der Waals surface area contributed by atoms with Crippen molar-refractivity contribution >= 4 is 0 Å². The lowest BCUT2D eigenvalue weighted by atomic mass is 9.94. The molecule has 0 radical (unpaired) electrons. The molecule has 0 fully saturated rings. The van der Waals surface area contributed by atoms with Gasteiger partial charge in [0.05, 0.1) is 0 Å². The first-order valence-electron chi connectivity index (χ1n) is 8.44. The molecule has 0 heterocycles. The van der Waals surface area contributed by atoms with Gasteiger partial charge < -0.3 is 20.4 Å². The second kappa shape index (κ2) is 7.00. The highest BCUT2D eigenvalue weighted by Crippen LogP contribution is 2.33. The van der Waals surface area contributed by atoms with E-state index in [-0.39, 0.29) is 23.0 Å². The lowest BCUT2D eigenvalue weighted by Gasteiger charge is -2.14. The summed E-state index contributed by atoms with van der Waals surface area (Å²) in [6.07, 6.45) is 0.751. The van der Waals surface area contributed by atoms with Gasteiger partial charge in [0.1, 0.15) is 23.0 Å². The molecule has 134 valence electrons. The second-order valence-corrected chi connectivity index (χ2v) is 6.73. The van der Waals surface area contributed by atoms with Gasteiger partial charge in [-0.3, -0.25) is 0 Å². The molecule has 4 nitrogen and oxygen atoms in total. The molecule has 0 amide bonds. The maximum absolute atomic E-state index is 10.7. The molecule has 0 aliphatic rings. The monoisotopic (exact) mass is 350 g/mol. The first kappa shape index (κ1) is 17.7. The Morgan fingerprint density at radius 2 is 1.12 bits per heavy atom. The van der Waals surface area contributed by atoms with Crippen LogP contribution in [0.3, 0.4) is 0 Å². The largest absolute Gasteiger partial charge is 0.508 e. The van der Waals surface area contributed by atoms with E-state index in [2.05, 4.69) is 0 Å². The molecule has 0 saturated carbocycles. The molecule has 0 spiro atoms. The third-order valence-corrected chi connectivity index (χ3v) is 4.48. The van der Waals surface area contributed by atoms with E-state index in [1.165, 1.54) is 12.1 Å². The summed E-state index contributed by atoms with van der Waals surface area (Å²) in [5.74, 6) is 0.352. The molecule has 3 rings (SSSR count). The fourth-order valence-corrected chi connectivity index (χ4v) is 3.14. The number of hydrogen-bond acceptors (Lipinski definition) is 4. The first-order chi connectivity index (χ1) is 12.3. The van der Waals surface area contributed by atoms with E-state index < -0.39 is 0 Å². The fraction of sp³-hybridized carbons (Fsp3) is 0.182. The van der Waals surface area contributed by atoms with Crippen LogP contribution in [0.5, 0.6) is 23.0 Å². The van der Waals surface area contributed by atoms with Gasteiger partial charge in [-0.25, -0.2) is 0 Å². The van der Waals surface area contributed by atoms with Crippen LogP contribution in [0.25, 0.3) is 0 Å². The number of phenols is 4. The van der Waals surface area contributed by atoms with E-state index in [4.69, 9.17) is 0 Å². The van der Waals surface area contributed by atoms with Gasteiger partial charge >= 0.3 is 0 Å². The smallest absolute Gasteiger partial charge is 0.122 e. The van der Waals surface area contributed by atoms with Crippen LogP contribution in [0.1, 0.15) is 33.4 Å². The van der Waals surface area contributed by atoms with Crippen LogP contribution in [0.15, 0.2) is 48.5 Å². The van der Waals surface area contributed by atoms with Crippen LogP contribution in [0.4, 0.5) is 0 Å². The van der Waals surface area contributed by atoms with Crippen LogP contribution < -0.4 is 0 Å². The van der Waals surface area contributed by atoms with Crippen molar-refractivity contribution in [1.82, 2.24) is 0 Å². The fourth-order valence-electron chi connectivity index (χ4n) is 3.14. The molecule has 0 unspecified atom stereocenters. The summed E-state index contributed by atoms with van der Waals surface area (Å²) in [5.41, 5.74) is 4.73. The van der Waals surface area contributed by atoms with Gasteiger partial charge in [-0.15, -0.1) is 0 Å². The van der Waals surface area contributed by atoms with Crippen molar-refractivity contribution in [2.75, 3.05) is 0 Å². The third kappa shape index (κ3) is 3.75. The van der Waals surface area contributed by atoms with Gasteiger partial charge in [0.15, 0.2) is 0 Å². The van der Waals surface area contributed by atoms with Gasteiger partial charge in [0, 0.05) is 18.9 Å². The molecule has 4 N–H and O–H groups in total. The van der Waals surface area contributed by atoms with E-state index in [0.29, 0.717) is 24.0 Å². The second-order valence-electron chi connectivity index (χ2n) is 6.73. The number of benzene rings is 3. The maximum atomic E-state index is 10.7. The van der Waals surface area contributed by atoms with Crippen LogP contribution in [0.2, 0.25) is 0 Å². The lowest BCUT2D eigenvalue weighted by Crippen LogP contribution is -1.97. The van der Waals surface area contributed by atoms with E-state index >= 15 is 0 Å². The standard InChI is InChI=1S/C22H22O4/c1-13-3-4-15(20(24)9-13)10-17-7-14(2)8-18(22(17)26)11-16-5-6-19(23)12-21(16)25/h3-9,12,23-26H,10-11H2,1-2H3. The molecule has 26 heavy (non-hydrogen) atoms. The van der Waals surface area contributed by atoms with E-state index in [9.17, 15) is 20.4 Å². The lowest BCUT2D eigenvalue weighted by molar-refractivity contribution is 0.445. The Hall–Kier alpha value is -3.14. The van der Waals surface area contributed by atoms with Gasteiger partial charge in [-0.1, -0.05) is 35.9 Å². The van der Waals surface area contributed by atoms with Gasteiger partial charge in [0.25, 0.3) is 0 Å². The van der Waals surface area contributed by atoms with Gasteiger partial charge in [-0.2, -0.15) is 0 Å². The van der Waals surface area contributed by atoms with Crippen molar-refractivity contribution in [2.24, 2.45) is 0 Å². The number of aryl methyl sites for hydroxylation is 2. The summed E-state index contributed by atoms with van der Waals surface area (Å²) < 4.78 is 0. The number of hydrogen-bond donors (Lipinski definition) is 4. The zero-order chi connectivity index (χ0) is 18.8. The minimum absolute atomic E-state index is 0.00440. The van der Waals surface area contributed by atoms with Gasteiger partial charge in [0.2, 0.25) is 0 Å². The van der Waals surface area contributed by atoms with Crippen molar-refractivity contribution in [3.8, 4) is 23.0 Å². The minimum atomic E-state index is -0.0105. The van der Waals surface area contributed by atoms with Crippen molar-refractivity contribution in [3.05, 3.63) is 81.9 Å². The molecule has 0 aliphatic heterocycles. The summed E-state index contributed by atoms with van der Waals surface area (Å²) in [5, 5.41) is 40.3. The van der Waals surface area contributed by atoms with E-state index in [0.717, 1.165) is 22.3 Å². The molecule has 4 heteroatoms. The summed E-state index contributed by atoms with van der Waals surface area (Å²) in [7, 11) is 0. The Bertz CT molecular complexity index is 886. The zero-order valence-electron chi connectivity index (χ0n) is 14.8. The molecule has 3 aromatic carbocycles. The topological polar surface area (TPSA) is 80.9 Å². The van der Waals surface area contributed by atoms with Crippen molar-refractivity contribution in [2.45, 2.75) is 26.7 Å². The highest BCUT2D eigenvalue weighted by Gasteiger charge is 2.14. The zero-order valence-corrected chi connectivity index (χ0v) is 14.8. The van der Waals surface area contributed by atoms with Crippen molar-refractivity contribution in [1.29, 1.82) is 0 Å². The number of rotatable bonds is 4. The predicted octanol–water partition coefficient (Wildman–Crippen LogP) is 4.31.